The van der Waals surface area contributed by atoms with Crippen molar-refractivity contribution in [1.29, 1.82) is 0 Å². The number of hydrogen-bond acceptors (Lipinski definition) is 5. The van der Waals surface area contributed by atoms with Gasteiger partial charge in [0.25, 0.3) is 0 Å². The van der Waals surface area contributed by atoms with Crippen LogP contribution in [-0.2, 0) is 14.3 Å². The summed E-state index contributed by atoms with van der Waals surface area (Å²) in [6, 6.07) is 4.43. The van der Waals surface area contributed by atoms with Crippen LogP contribution in [0.3, 0.4) is 0 Å². The summed E-state index contributed by atoms with van der Waals surface area (Å²) in [4.78, 5) is 39.8. The molecule has 7 nitrogen and oxygen atoms in total. The Bertz CT molecular complexity index is 780. The van der Waals surface area contributed by atoms with E-state index in [0.717, 1.165) is 0 Å². The van der Waals surface area contributed by atoms with Crippen molar-refractivity contribution >= 4 is 29.2 Å². The van der Waals surface area contributed by atoms with Gasteiger partial charge in [-0.15, -0.1) is 0 Å². The SMILES string of the molecule is CC(=O)N(C)C1CN(c2ccc(N3CC(=O)C(C)(C)C3)c(F)c2)C(=O)O1. The third-order valence-corrected chi connectivity index (χ3v) is 4.98. The van der Waals surface area contributed by atoms with Gasteiger partial charge in [0.15, 0.2) is 12.0 Å². The van der Waals surface area contributed by atoms with Gasteiger partial charge in [-0.05, 0) is 18.2 Å². The first kappa shape index (κ1) is 18.2. The molecular formula is C18H22FN3O4. The molecule has 0 aliphatic carbocycles. The first-order valence-corrected chi connectivity index (χ1v) is 8.39. The van der Waals surface area contributed by atoms with Gasteiger partial charge < -0.3 is 14.5 Å². The normalized spacial score (nSPS) is 22.0. The minimum absolute atomic E-state index is 0.0687. The maximum atomic E-state index is 14.6. The van der Waals surface area contributed by atoms with Crippen LogP contribution >= 0.6 is 0 Å². The minimum atomic E-state index is -0.709. The molecule has 2 fully saturated rings. The number of anilines is 2. The first-order valence-electron chi connectivity index (χ1n) is 8.39. The lowest BCUT2D eigenvalue weighted by Gasteiger charge is -2.22. The third kappa shape index (κ3) is 3.11. The van der Waals surface area contributed by atoms with Crippen molar-refractivity contribution in [2.24, 2.45) is 5.41 Å². The van der Waals surface area contributed by atoms with Crippen molar-refractivity contribution < 1.29 is 23.5 Å². The molecule has 140 valence electrons. The quantitative estimate of drug-likeness (QED) is 0.822. The summed E-state index contributed by atoms with van der Waals surface area (Å²) in [6.45, 7) is 5.80. The van der Waals surface area contributed by atoms with Crippen LogP contribution in [0.25, 0.3) is 0 Å². The highest BCUT2D eigenvalue weighted by Crippen LogP contribution is 2.33. The zero-order valence-corrected chi connectivity index (χ0v) is 15.3. The first-order chi connectivity index (χ1) is 12.1. The van der Waals surface area contributed by atoms with Gasteiger partial charge in [-0.2, -0.15) is 0 Å². The van der Waals surface area contributed by atoms with E-state index >= 15 is 0 Å². The van der Waals surface area contributed by atoms with E-state index in [1.54, 1.807) is 24.1 Å². The zero-order chi connectivity index (χ0) is 19.2. The Morgan fingerprint density at radius 2 is 2.04 bits per heavy atom. The van der Waals surface area contributed by atoms with Gasteiger partial charge in [0.2, 0.25) is 5.91 Å². The van der Waals surface area contributed by atoms with E-state index in [2.05, 4.69) is 0 Å². The lowest BCUT2D eigenvalue weighted by Crippen LogP contribution is -2.38. The third-order valence-electron chi connectivity index (χ3n) is 4.98. The molecule has 8 heteroatoms. The van der Waals surface area contributed by atoms with E-state index in [-0.39, 0.29) is 24.8 Å². The van der Waals surface area contributed by atoms with Crippen molar-refractivity contribution in [2.45, 2.75) is 27.0 Å². The second-order valence-corrected chi connectivity index (χ2v) is 7.38. The number of amides is 2. The summed E-state index contributed by atoms with van der Waals surface area (Å²) in [5.74, 6) is -0.670. The van der Waals surface area contributed by atoms with E-state index in [0.29, 0.717) is 17.9 Å². The Kier molecular flexibility index (Phi) is 4.37. The molecule has 2 aliphatic heterocycles. The van der Waals surface area contributed by atoms with Gasteiger partial charge in [0.1, 0.15) is 5.82 Å². The summed E-state index contributed by atoms with van der Waals surface area (Å²) in [5.41, 5.74) is 0.173. The average Bonchev–Trinajstić information content (AvgIpc) is 3.06. The molecule has 0 radical (unpaired) electrons. The highest BCUT2D eigenvalue weighted by atomic mass is 19.1. The number of carbonyl (C=O) groups is 3. The number of likely N-dealkylation sites (N-methyl/N-ethyl adjacent to an activating group) is 1. The van der Waals surface area contributed by atoms with E-state index < -0.39 is 23.6 Å². The Labute approximate surface area is 151 Å². The topological polar surface area (TPSA) is 70.2 Å². The van der Waals surface area contributed by atoms with Crippen LogP contribution < -0.4 is 9.80 Å². The zero-order valence-electron chi connectivity index (χ0n) is 15.3. The van der Waals surface area contributed by atoms with E-state index in [1.165, 1.54) is 22.8 Å². The van der Waals surface area contributed by atoms with Crippen LogP contribution in [0.1, 0.15) is 20.8 Å². The molecule has 3 rings (SSSR count). The predicted octanol–water partition coefficient (Wildman–Crippen LogP) is 2.00. The molecule has 2 heterocycles. The summed E-state index contributed by atoms with van der Waals surface area (Å²) >= 11 is 0. The number of Topliss-reactive ketones (excluding diaryl/α,β-unsaturated/α-hetero) is 1. The molecule has 1 unspecified atom stereocenters. The molecule has 0 bridgehead atoms. The number of ether oxygens (including phenoxy) is 1. The number of benzene rings is 1. The number of hydrogen-bond donors (Lipinski definition) is 0. The molecule has 2 saturated heterocycles. The summed E-state index contributed by atoms with van der Waals surface area (Å²) in [6.07, 6.45) is -1.34. The fourth-order valence-corrected chi connectivity index (χ4v) is 3.16. The number of carbonyl (C=O) groups excluding carboxylic acids is 3. The Hall–Kier alpha value is -2.64. The molecule has 1 aromatic rings. The fourth-order valence-electron chi connectivity index (χ4n) is 3.16. The van der Waals surface area contributed by atoms with E-state index in [4.69, 9.17) is 4.74 Å². The number of cyclic esters (lactones) is 1. The van der Waals surface area contributed by atoms with Crippen molar-refractivity contribution in [3.05, 3.63) is 24.0 Å². The van der Waals surface area contributed by atoms with Crippen LogP contribution in [0.4, 0.5) is 20.6 Å². The second kappa shape index (κ2) is 6.26. The number of rotatable bonds is 3. The largest absolute Gasteiger partial charge is 0.423 e. The van der Waals surface area contributed by atoms with Gasteiger partial charge in [-0.25, -0.2) is 9.18 Å². The average molecular weight is 363 g/mol. The number of halogens is 1. The lowest BCUT2D eigenvalue weighted by atomic mass is 9.92. The summed E-state index contributed by atoms with van der Waals surface area (Å²) in [5, 5.41) is 0. The summed E-state index contributed by atoms with van der Waals surface area (Å²) < 4.78 is 19.8. The second-order valence-electron chi connectivity index (χ2n) is 7.38. The van der Waals surface area contributed by atoms with Crippen LogP contribution in [0.5, 0.6) is 0 Å². The van der Waals surface area contributed by atoms with Gasteiger partial charge in [-0.1, -0.05) is 13.8 Å². The number of nitrogens with zero attached hydrogens (tertiary/aromatic N) is 3. The van der Waals surface area contributed by atoms with Gasteiger partial charge >= 0.3 is 6.09 Å². The number of ketones is 1. The highest BCUT2D eigenvalue weighted by Gasteiger charge is 2.39. The van der Waals surface area contributed by atoms with Crippen LogP contribution in [0.15, 0.2) is 18.2 Å². The Balaban J connectivity index is 1.79. The van der Waals surface area contributed by atoms with Gasteiger partial charge in [0, 0.05) is 25.9 Å². The predicted molar refractivity (Wildman–Crippen MR) is 93.5 cm³/mol. The van der Waals surface area contributed by atoms with Crippen molar-refractivity contribution in [2.75, 3.05) is 36.5 Å². The maximum absolute atomic E-state index is 14.6. The molecule has 0 aromatic heterocycles. The maximum Gasteiger partial charge on any atom is 0.416 e. The molecule has 0 N–H and O–H groups in total. The molecular weight excluding hydrogens is 341 g/mol. The molecule has 26 heavy (non-hydrogen) atoms. The van der Waals surface area contributed by atoms with Crippen LogP contribution in [0, 0.1) is 11.2 Å². The Morgan fingerprint density at radius 1 is 1.35 bits per heavy atom. The van der Waals surface area contributed by atoms with Crippen LogP contribution in [0.2, 0.25) is 0 Å². The smallest absolute Gasteiger partial charge is 0.416 e. The fraction of sp³-hybridized carbons (Fsp3) is 0.500. The molecule has 1 aromatic carbocycles. The summed E-state index contributed by atoms with van der Waals surface area (Å²) in [7, 11) is 1.54. The van der Waals surface area contributed by atoms with E-state index in [1.807, 2.05) is 13.8 Å². The molecule has 0 spiro atoms. The van der Waals surface area contributed by atoms with E-state index in [9.17, 15) is 18.8 Å². The van der Waals surface area contributed by atoms with Crippen molar-refractivity contribution in [3.63, 3.8) is 0 Å². The van der Waals surface area contributed by atoms with Gasteiger partial charge in [-0.3, -0.25) is 14.5 Å². The Morgan fingerprint density at radius 3 is 2.58 bits per heavy atom. The minimum Gasteiger partial charge on any atom is -0.423 e. The van der Waals surface area contributed by atoms with Crippen LogP contribution in [-0.4, -0.2) is 55.6 Å². The molecule has 0 saturated carbocycles. The monoisotopic (exact) mass is 363 g/mol. The van der Waals surface area contributed by atoms with Crippen molar-refractivity contribution in [1.82, 2.24) is 4.90 Å². The lowest BCUT2D eigenvalue weighted by molar-refractivity contribution is -0.134. The standard InChI is InChI=1S/C18H22FN3O4/c1-11(23)20(4)16-9-22(17(25)26-16)12-5-6-14(13(19)7-12)21-8-15(24)18(2,3)10-21/h5-7,16H,8-10H2,1-4H3. The molecule has 1 atom stereocenters. The van der Waals surface area contributed by atoms with Gasteiger partial charge in [0.05, 0.1) is 24.5 Å². The molecule has 2 amide bonds. The highest BCUT2D eigenvalue weighted by molar-refractivity contribution is 5.93. The van der Waals surface area contributed by atoms with Crippen molar-refractivity contribution in [3.8, 4) is 0 Å². The molecule has 2 aliphatic rings.